The number of anilines is 1. The van der Waals surface area contributed by atoms with E-state index >= 15 is 0 Å². The molecule has 1 saturated heterocycles. The van der Waals surface area contributed by atoms with Crippen LogP contribution in [-0.4, -0.2) is 59.2 Å². The number of hydrogen-bond acceptors (Lipinski definition) is 6. The number of amides is 1. The zero-order valence-electron chi connectivity index (χ0n) is 20.8. The predicted molar refractivity (Wildman–Crippen MR) is 143 cm³/mol. The van der Waals surface area contributed by atoms with Gasteiger partial charge in [0.25, 0.3) is 5.91 Å². The van der Waals surface area contributed by atoms with Crippen LogP contribution in [-0.2, 0) is 0 Å². The van der Waals surface area contributed by atoms with Crippen LogP contribution in [0.15, 0.2) is 77.6 Å². The number of H-pyrrole nitrogens is 1. The Labute approximate surface area is 214 Å². The van der Waals surface area contributed by atoms with Crippen molar-refractivity contribution in [2.75, 3.05) is 38.2 Å². The van der Waals surface area contributed by atoms with Crippen LogP contribution < -0.4 is 15.3 Å². The highest BCUT2D eigenvalue weighted by Crippen LogP contribution is 2.29. The summed E-state index contributed by atoms with van der Waals surface area (Å²) >= 11 is 0. The Morgan fingerprint density at radius 1 is 0.946 bits per heavy atom. The zero-order chi connectivity index (χ0) is 25.9. The van der Waals surface area contributed by atoms with Crippen molar-refractivity contribution in [1.82, 2.24) is 14.9 Å². The molecule has 8 nitrogen and oxygen atoms in total. The smallest absolute Gasteiger partial charge is 0.345 e. The molecule has 0 spiro atoms. The molecule has 1 aliphatic rings. The molecule has 3 aromatic carbocycles. The SMILES string of the molecule is COc1ccccc1N1CCN(C(=O)c2ccc(-c3cc(-c4ccc(O)c(C)c4)nc(=O)[nH]3)cc2)CC1. The van der Waals surface area contributed by atoms with E-state index in [9.17, 15) is 14.7 Å². The third-order valence-electron chi connectivity index (χ3n) is 6.67. The highest BCUT2D eigenvalue weighted by Gasteiger charge is 2.23. The van der Waals surface area contributed by atoms with Crippen molar-refractivity contribution in [3.8, 4) is 34.0 Å². The second-order valence-electron chi connectivity index (χ2n) is 9.01. The van der Waals surface area contributed by atoms with E-state index < -0.39 is 5.69 Å². The third kappa shape index (κ3) is 5.04. The quantitative estimate of drug-likeness (QED) is 0.432. The molecule has 0 saturated carbocycles. The average molecular weight is 497 g/mol. The molecular formula is C29H28N4O4. The molecular weight excluding hydrogens is 468 g/mol. The summed E-state index contributed by atoms with van der Waals surface area (Å²) in [4.78, 5) is 36.4. The number of carbonyl (C=O) groups excluding carboxylic acids is 1. The Kier molecular flexibility index (Phi) is 6.64. The van der Waals surface area contributed by atoms with Gasteiger partial charge in [-0.05, 0) is 66.6 Å². The van der Waals surface area contributed by atoms with Gasteiger partial charge in [0, 0.05) is 37.3 Å². The fourth-order valence-corrected chi connectivity index (χ4v) is 4.59. The van der Waals surface area contributed by atoms with Crippen LogP contribution in [0.4, 0.5) is 5.69 Å². The van der Waals surface area contributed by atoms with Crippen LogP contribution >= 0.6 is 0 Å². The first-order valence-corrected chi connectivity index (χ1v) is 12.1. The monoisotopic (exact) mass is 496 g/mol. The molecule has 1 aromatic heterocycles. The molecule has 5 rings (SSSR count). The maximum atomic E-state index is 13.2. The number of rotatable bonds is 5. The zero-order valence-corrected chi connectivity index (χ0v) is 20.8. The topological polar surface area (TPSA) is 98.8 Å². The van der Waals surface area contributed by atoms with E-state index in [4.69, 9.17) is 4.74 Å². The first kappa shape index (κ1) is 24.1. The van der Waals surface area contributed by atoms with Gasteiger partial charge in [-0.2, -0.15) is 4.98 Å². The van der Waals surface area contributed by atoms with Crippen molar-refractivity contribution in [2.45, 2.75) is 6.92 Å². The summed E-state index contributed by atoms with van der Waals surface area (Å²) in [5.74, 6) is 1.00. The lowest BCUT2D eigenvalue weighted by Gasteiger charge is -2.36. The van der Waals surface area contributed by atoms with Crippen molar-refractivity contribution < 1.29 is 14.6 Å². The number of aryl methyl sites for hydroxylation is 1. The van der Waals surface area contributed by atoms with Crippen molar-refractivity contribution in [2.24, 2.45) is 0 Å². The number of phenolic OH excluding ortho intramolecular Hbond substituents is 1. The Hall–Kier alpha value is -4.59. The van der Waals surface area contributed by atoms with E-state index in [0.717, 1.165) is 35.7 Å². The number of phenols is 1. The van der Waals surface area contributed by atoms with Gasteiger partial charge in [-0.1, -0.05) is 24.3 Å². The van der Waals surface area contributed by atoms with Gasteiger partial charge < -0.3 is 24.6 Å². The highest BCUT2D eigenvalue weighted by atomic mass is 16.5. The fraction of sp³-hybridized carbons (Fsp3) is 0.207. The predicted octanol–water partition coefficient (Wildman–Crippen LogP) is 4.09. The molecule has 2 heterocycles. The molecule has 1 amide bonds. The number of nitrogens with zero attached hydrogens (tertiary/aromatic N) is 3. The maximum Gasteiger partial charge on any atom is 0.345 e. The molecule has 4 aromatic rings. The molecule has 0 radical (unpaired) electrons. The van der Waals surface area contributed by atoms with Gasteiger partial charge in [0.15, 0.2) is 0 Å². The van der Waals surface area contributed by atoms with Gasteiger partial charge in [0.05, 0.1) is 24.2 Å². The molecule has 1 aliphatic heterocycles. The van der Waals surface area contributed by atoms with Gasteiger partial charge in [0.1, 0.15) is 11.5 Å². The van der Waals surface area contributed by atoms with Crippen molar-refractivity contribution in [3.63, 3.8) is 0 Å². The minimum Gasteiger partial charge on any atom is -0.508 e. The summed E-state index contributed by atoms with van der Waals surface area (Å²) < 4.78 is 5.48. The van der Waals surface area contributed by atoms with E-state index in [1.807, 2.05) is 41.3 Å². The number of aromatic hydroxyl groups is 1. The summed E-state index contributed by atoms with van der Waals surface area (Å²) in [7, 11) is 1.67. The largest absolute Gasteiger partial charge is 0.508 e. The Bertz CT molecular complexity index is 1490. The van der Waals surface area contributed by atoms with Gasteiger partial charge >= 0.3 is 5.69 Å². The lowest BCUT2D eigenvalue weighted by atomic mass is 10.0. The number of benzene rings is 3. The minimum atomic E-state index is -0.466. The van der Waals surface area contributed by atoms with Gasteiger partial charge in [0.2, 0.25) is 0 Å². The number of aromatic amines is 1. The summed E-state index contributed by atoms with van der Waals surface area (Å²) in [5, 5.41) is 9.80. The van der Waals surface area contributed by atoms with Crippen LogP contribution in [0, 0.1) is 6.92 Å². The van der Waals surface area contributed by atoms with E-state index in [2.05, 4.69) is 14.9 Å². The molecule has 0 unspecified atom stereocenters. The molecule has 0 atom stereocenters. The van der Waals surface area contributed by atoms with Gasteiger partial charge in [-0.3, -0.25) is 4.79 Å². The number of hydrogen-bond donors (Lipinski definition) is 2. The van der Waals surface area contributed by atoms with Gasteiger partial charge in [-0.15, -0.1) is 0 Å². The second kappa shape index (κ2) is 10.2. The minimum absolute atomic E-state index is 0.0188. The second-order valence-corrected chi connectivity index (χ2v) is 9.01. The van der Waals surface area contributed by atoms with Crippen LogP contribution in [0.1, 0.15) is 15.9 Å². The molecule has 2 N–H and O–H groups in total. The Balaban J connectivity index is 1.30. The summed E-state index contributed by atoms with van der Waals surface area (Å²) in [6.45, 7) is 4.47. The number of ether oxygens (including phenoxy) is 1. The molecule has 37 heavy (non-hydrogen) atoms. The highest BCUT2D eigenvalue weighted by molar-refractivity contribution is 5.95. The molecule has 188 valence electrons. The number of piperazine rings is 1. The fourth-order valence-electron chi connectivity index (χ4n) is 4.59. The molecule has 1 fully saturated rings. The summed E-state index contributed by atoms with van der Waals surface area (Å²) in [5.41, 5.74) is 4.49. The Morgan fingerprint density at radius 3 is 2.35 bits per heavy atom. The van der Waals surface area contributed by atoms with E-state index in [1.165, 1.54) is 0 Å². The van der Waals surface area contributed by atoms with Crippen molar-refractivity contribution in [1.29, 1.82) is 0 Å². The number of para-hydroxylation sites is 2. The average Bonchev–Trinajstić information content (AvgIpc) is 2.94. The van der Waals surface area contributed by atoms with Crippen LogP contribution in [0.2, 0.25) is 0 Å². The van der Waals surface area contributed by atoms with Crippen LogP contribution in [0.25, 0.3) is 22.5 Å². The summed E-state index contributed by atoms with van der Waals surface area (Å²) in [6, 6.07) is 22.0. The Morgan fingerprint density at radius 2 is 1.65 bits per heavy atom. The maximum absolute atomic E-state index is 13.2. The first-order valence-electron chi connectivity index (χ1n) is 12.1. The number of methoxy groups -OCH3 is 1. The van der Waals surface area contributed by atoms with Crippen molar-refractivity contribution in [3.05, 3.63) is 94.4 Å². The molecule has 8 heteroatoms. The van der Waals surface area contributed by atoms with Gasteiger partial charge in [-0.25, -0.2) is 4.79 Å². The standard InChI is InChI=1S/C29H28N4O4/c1-19-17-22(11-12-26(19)34)24-18-23(30-29(36)31-24)20-7-9-21(10-8-20)28(35)33-15-13-32(14-16-33)25-5-3-4-6-27(25)37-2/h3-12,17-18,34H,13-16H2,1-2H3,(H,30,31,36). The normalized spacial score (nSPS) is 13.5. The number of nitrogens with one attached hydrogen (secondary N) is 1. The first-order chi connectivity index (χ1) is 17.9. The number of carbonyl (C=O) groups is 1. The number of aromatic nitrogens is 2. The molecule has 0 bridgehead atoms. The summed E-state index contributed by atoms with van der Waals surface area (Å²) in [6.07, 6.45) is 0. The van der Waals surface area contributed by atoms with E-state index in [0.29, 0.717) is 35.6 Å². The lowest BCUT2D eigenvalue weighted by Crippen LogP contribution is -2.48. The molecule has 0 aliphatic carbocycles. The lowest BCUT2D eigenvalue weighted by molar-refractivity contribution is 0.0746. The van der Waals surface area contributed by atoms with Crippen molar-refractivity contribution >= 4 is 11.6 Å². The van der Waals surface area contributed by atoms with E-state index in [-0.39, 0.29) is 11.7 Å². The van der Waals surface area contributed by atoms with Crippen LogP contribution in [0.5, 0.6) is 11.5 Å². The third-order valence-corrected chi connectivity index (χ3v) is 6.67. The van der Waals surface area contributed by atoms with Crippen LogP contribution in [0.3, 0.4) is 0 Å². The van der Waals surface area contributed by atoms with E-state index in [1.54, 1.807) is 50.4 Å².